The van der Waals surface area contributed by atoms with Crippen LogP contribution < -0.4 is 5.32 Å². The number of amides is 1. The fourth-order valence-corrected chi connectivity index (χ4v) is 3.47. The number of anilines is 1. The van der Waals surface area contributed by atoms with E-state index in [-0.39, 0.29) is 17.3 Å². The smallest absolute Gasteiger partial charge is 0.292 e. The van der Waals surface area contributed by atoms with Crippen LogP contribution in [0.4, 0.5) is 11.4 Å². The van der Waals surface area contributed by atoms with Crippen LogP contribution >= 0.6 is 11.3 Å². The first-order chi connectivity index (χ1) is 14.0. The van der Waals surface area contributed by atoms with Crippen LogP contribution in [0.1, 0.15) is 26.2 Å². The molecule has 10 heteroatoms. The van der Waals surface area contributed by atoms with Crippen molar-refractivity contribution in [1.29, 1.82) is 0 Å². The van der Waals surface area contributed by atoms with Gasteiger partial charge in [0.25, 0.3) is 11.6 Å². The van der Waals surface area contributed by atoms with Gasteiger partial charge in [-0.05, 0) is 37.4 Å². The Morgan fingerprint density at radius 3 is 2.79 bits per heavy atom. The number of nitrogens with zero attached hydrogens (tertiary/aromatic N) is 4. The van der Waals surface area contributed by atoms with Gasteiger partial charge in [-0.25, -0.2) is 0 Å². The van der Waals surface area contributed by atoms with Crippen LogP contribution in [0.15, 0.2) is 46.2 Å². The number of aromatic nitrogens is 2. The zero-order valence-electron chi connectivity index (χ0n) is 16.1. The predicted octanol–water partition coefficient (Wildman–Crippen LogP) is 3.95. The number of rotatable bonds is 9. The molecule has 152 valence electrons. The van der Waals surface area contributed by atoms with Crippen molar-refractivity contribution in [3.05, 3.63) is 57.8 Å². The molecule has 0 fully saturated rings. The minimum atomic E-state index is -0.549. The summed E-state index contributed by atoms with van der Waals surface area (Å²) in [6, 6.07) is 9.32. The topological polar surface area (TPSA) is 114 Å². The molecule has 1 amide bonds. The number of hydrogen-bond donors (Lipinski definition) is 1. The summed E-state index contributed by atoms with van der Waals surface area (Å²) in [6.45, 7) is 4.68. The Balaban J connectivity index is 1.71. The summed E-state index contributed by atoms with van der Waals surface area (Å²) in [5.74, 6) is 0.515. The van der Waals surface area contributed by atoms with E-state index in [9.17, 15) is 14.9 Å². The first-order valence-electron chi connectivity index (χ1n) is 9.14. The minimum absolute atomic E-state index is 0.146. The first kappa shape index (κ1) is 20.6. The van der Waals surface area contributed by atoms with Crippen LogP contribution in [0.3, 0.4) is 0 Å². The van der Waals surface area contributed by atoms with Gasteiger partial charge in [0, 0.05) is 6.07 Å². The van der Waals surface area contributed by atoms with Gasteiger partial charge in [0.2, 0.25) is 11.8 Å². The third-order valence-electron chi connectivity index (χ3n) is 4.33. The molecule has 1 aromatic carbocycles. The molecule has 0 saturated heterocycles. The zero-order chi connectivity index (χ0) is 20.8. The largest absolute Gasteiger partial charge is 0.419 e. The second kappa shape index (κ2) is 9.39. The SMILES string of the molecule is CCCN(Cc1nnc(-c2cccs2)o1)[C@H](C)C(=O)Nc1ccccc1[N+](=O)[O-]. The molecule has 0 bridgehead atoms. The lowest BCUT2D eigenvalue weighted by atomic mass is 10.2. The number of thiophene rings is 1. The Hall–Kier alpha value is -3.11. The van der Waals surface area contributed by atoms with E-state index in [0.717, 1.165) is 11.3 Å². The van der Waals surface area contributed by atoms with Crippen molar-refractivity contribution >= 4 is 28.6 Å². The first-order valence-corrected chi connectivity index (χ1v) is 10.0. The molecule has 0 aliphatic carbocycles. The molecule has 2 heterocycles. The van der Waals surface area contributed by atoms with Crippen LogP contribution in [0.25, 0.3) is 10.8 Å². The van der Waals surface area contributed by atoms with E-state index in [1.165, 1.54) is 23.5 Å². The second-order valence-corrected chi connectivity index (χ2v) is 7.34. The molecule has 0 unspecified atom stereocenters. The van der Waals surface area contributed by atoms with Gasteiger partial charge in [-0.15, -0.1) is 21.5 Å². The number of hydrogen-bond acceptors (Lipinski definition) is 8. The molecular formula is C19H21N5O4S. The number of carbonyl (C=O) groups excluding carboxylic acids is 1. The maximum absolute atomic E-state index is 12.7. The average molecular weight is 415 g/mol. The minimum Gasteiger partial charge on any atom is -0.419 e. The molecule has 1 atom stereocenters. The lowest BCUT2D eigenvalue weighted by molar-refractivity contribution is -0.383. The Bertz CT molecular complexity index is 973. The third kappa shape index (κ3) is 5.04. The number of nitrogens with one attached hydrogen (secondary N) is 1. The van der Waals surface area contributed by atoms with Crippen molar-refractivity contribution in [2.45, 2.75) is 32.9 Å². The molecule has 0 aliphatic heterocycles. The molecule has 2 aromatic heterocycles. The van der Waals surface area contributed by atoms with E-state index in [4.69, 9.17) is 4.42 Å². The lowest BCUT2D eigenvalue weighted by Crippen LogP contribution is -2.42. The highest BCUT2D eigenvalue weighted by molar-refractivity contribution is 7.13. The summed E-state index contributed by atoms with van der Waals surface area (Å²) in [7, 11) is 0. The molecule has 3 rings (SSSR count). The summed E-state index contributed by atoms with van der Waals surface area (Å²) in [5.41, 5.74) is 0.0242. The molecule has 29 heavy (non-hydrogen) atoms. The summed E-state index contributed by atoms with van der Waals surface area (Å²) in [4.78, 5) is 26.2. The van der Waals surface area contributed by atoms with E-state index in [2.05, 4.69) is 15.5 Å². The van der Waals surface area contributed by atoms with Crippen molar-refractivity contribution in [3.63, 3.8) is 0 Å². The molecule has 0 radical (unpaired) electrons. The average Bonchev–Trinajstić information content (AvgIpc) is 3.39. The van der Waals surface area contributed by atoms with Crippen molar-refractivity contribution in [2.24, 2.45) is 0 Å². The monoisotopic (exact) mass is 415 g/mol. The summed E-state index contributed by atoms with van der Waals surface area (Å²) in [6.07, 6.45) is 0.815. The van der Waals surface area contributed by atoms with Gasteiger partial charge in [0.1, 0.15) is 5.69 Å². The van der Waals surface area contributed by atoms with E-state index in [1.807, 2.05) is 29.3 Å². The van der Waals surface area contributed by atoms with E-state index < -0.39 is 11.0 Å². The second-order valence-electron chi connectivity index (χ2n) is 6.39. The van der Waals surface area contributed by atoms with Crippen LogP contribution in [-0.4, -0.2) is 38.5 Å². The Morgan fingerprint density at radius 2 is 2.10 bits per heavy atom. The standard InChI is InChI=1S/C19H21N5O4S/c1-3-10-23(12-17-21-22-19(28-17)16-9-6-11-29-16)13(2)18(25)20-14-7-4-5-8-15(14)24(26)27/h4-9,11,13H,3,10,12H2,1-2H3,(H,20,25)/t13-/m1/s1. The van der Waals surface area contributed by atoms with Gasteiger partial charge in [0.15, 0.2) is 0 Å². The van der Waals surface area contributed by atoms with Crippen molar-refractivity contribution < 1.29 is 14.1 Å². The summed E-state index contributed by atoms with van der Waals surface area (Å²) in [5, 5.41) is 23.9. The molecule has 1 N–H and O–H groups in total. The van der Waals surface area contributed by atoms with Crippen LogP contribution in [0.2, 0.25) is 0 Å². The van der Waals surface area contributed by atoms with Gasteiger partial charge in [0.05, 0.1) is 22.4 Å². The number of carbonyl (C=O) groups is 1. The summed E-state index contributed by atoms with van der Waals surface area (Å²) >= 11 is 1.51. The van der Waals surface area contributed by atoms with Gasteiger partial charge < -0.3 is 9.73 Å². The lowest BCUT2D eigenvalue weighted by Gasteiger charge is -2.26. The van der Waals surface area contributed by atoms with Crippen LogP contribution in [0, 0.1) is 10.1 Å². The van der Waals surface area contributed by atoms with Crippen LogP contribution in [0.5, 0.6) is 0 Å². The van der Waals surface area contributed by atoms with E-state index >= 15 is 0 Å². The number of nitro benzene ring substituents is 1. The quantitative estimate of drug-likeness (QED) is 0.416. The number of para-hydroxylation sites is 2. The molecule has 9 nitrogen and oxygen atoms in total. The molecular weight excluding hydrogens is 394 g/mol. The fraction of sp³-hybridized carbons (Fsp3) is 0.316. The van der Waals surface area contributed by atoms with Gasteiger partial charge >= 0.3 is 0 Å². The van der Waals surface area contributed by atoms with Crippen molar-refractivity contribution in [3.8, 4) is 10.8 Å². The molecule has 0 saturated carbocycles. The zero-order valence-corrected chi connectivity index (χ0v) is 16.9. The van der Waals surface area contributed by atoms with Gasteiger partial charge in [-0.2, -0.15) is 0 Å². The maximum Gasteiger partial charge on any atom is 0.292 e. The number of nitro groups is 1. The number of benzene rings is 1. The summed E-state index contributed by atoms with van der Waals surface area (Å²) < 4.78 is 5.73. The normalized spacial score (nSPS) is 12.1. The van der Waals surface area contributed by atoms with Gasteiger partial charge in [-0.3, -0.25) is 19.8 Å². The highest BCUT2D eigenvalue weighted by Crippen LogP contribution is 2.25. The maximum atomic E-state index is 12.7. The van der Waals surface area contributed by atoms with E-state index in [0.29, 0.717) is 24.9 Å². The van der Waals surface area contributed by atoms with E-state index in [1.54, 1.807) is 19.1 Å². The fourth-order valence-electron chi connectivity index (χ4n) is 2.83. The van der Waals surface area contributed by atoms with Crippen LogP contribution in [-0.2, 0) is 11.3 Å². The molecule has 0 spiro atoms. The Morgan fingerprint density at radius 1 is 1.31 bits per heavy atom. The Kier molecular flexibility index (Phi) is 6.68. The molecule has 0 aliphatic rings. The highest BCUT2D eigenvalue weighted by Gasteiger charge is 2.25. The van der Waals surface area contributed by atoms with Crippen molar-refractivity contribution in [2.75, 3.05) is 11.9 Å². The van der Waals surface area contributed by atoms with Crippen molar-refractivity contribution in [1.82, 2.24) is 15.1 Å². The highest BCUT2D eigenvalue weighted by atomic mass is 32.1. The third-order valence-corrected chi connectivity index (χ3v) is 5.19. The Labute approximate surface area is 171 Å². The predicted molar refractivity (Wildman–Crippen MR) is 110 cm³/mol. The molecule has 3 aromatic rings. The van der Waals surface area contributed by atoms with Gasteiger partial charge in [-0.1, -0.05) is 25.1 Å².